The van der Waals surface area contributed by atoms with E-state index in [-0.39, 0.29) is 5.91 Å². The van der Waals surface area contributed by atoms with Gasteiger partial charge in [-0.15, -0.1) is 0 Å². The second-order valence-electron chi connectivity index (χ2n) is 7.78. The van der Waals surface area contributed by atoms with Crippen LogP contribution in [0.25, 0.3) is 0 Å². The number of piperazine rings is 1. The Morgan fingerprint density at radius 1 is 0.967 bits per heavy atom. The normalized spacial score (nSPS) is 14.5. The number of rotatable bonds is 5. The lowest BCUT2D eigenvalue weighted by Crippen LogP contribution is -2.46. The van der Waals surface area contributed by atoms with Crippen molar-refractivity contribution in [1.82, 2.24) is 14.9 Å². The summed E-state index contributed by atoms with van der Waals surface area (Å²) in [4.78, 5) is 26.0. The van der Waals surface area contributed by atoms with Gasteiger partial charge in [-0.2, -0.15) is 0 Å². The summed E-state index contributed by atoms with van der Waals surface area (Å²) in [7, 11) is 0. The van der Waals surface area contributed by atoms with Gasteiger partial charge in [-0.3, -0.25) is 9.69 Å². The smallest absolute Gasteiger partial charge is 0.257 e. The number of amides is 1. The van der Waals surface area contributed by atoms with E-state index in [1.54, 1.807) is 0 Å². The van der Waals surface area contributed by atoms with E-state index in [0.717, 1.165) is 49.7 Å². The van der Waals surface area contributed by atoms with Gasteiger partial charge in [0, 0.05) is 44.4 Å². The Hall–Kier alpha value is -3.25. The van der Waals surface area contributed by atoms with Gasteiger partial charge in [0.05, 0.1) is 0 Å². The number of nitrogens with zero attached hydrogens (tertiary/aromatic N) is 4. The summed E-state index contributed by atoms with van der Waals surface area (Å²) in [5, 5.41) is 2.91. The van der Waals surface area contributed by atoms with E-state index in [1.807, 2.05) is 44.2 Å². The lowest BCUT2D eigenvalue weighted by molar-refractivity contribution is 0.102. The maximum absolute atomic E-state index is 12.7. The van der Waals surface area contributed by atoms with Crippen molar-refractivity contribution in [1.29, 1.82) is 0 Å². The fourth-order valence-corrected chi connectivity index (χ4v) is 3.82. The second kappa shape index (κ2) is 9.05. The number of aryl methyl sites for hydroxylation is 2. The molecule has 3 aromatic rings. The maximum Gasteiger partial charge on any atom is 0.257 e. The molecule has 0 aliphatic carbocycles. The van der Waals surface area contributed by atoms with E-state index in [9.17, 15) is 4.79 Å². The van der Waals surface area contributed by atoms with Crippen molar-refractivity contribution in [3.63, 3.8) is 0 Å². The molecule has 1 aliphatic rings. The largest absolute Gasteiger partial charge is 0.354 e. The minimum atomic E-state index is -0.148. The van der Waals surface area contributed by atoms with Crippen molar-refractivity contribution >= 4 is 17.5 Å². The van der Waals surface area contributed by atoms with Crippen LogP contribution in [0.2, 0.25) is 0 Å². The Morgan fingerprint density at radius 2 is 1.73 bits per heavy atom. The third kappa shape index (κ3) is 4.83. The number of hydrogen-bond donors (Lipinski definition) is 1. The number of benzene rings is 2. The molecule has 154 valence electrons. The molecule has 1 saturated heterocycles. The van der Waals surface area contributed by atoms with Gasteiger partial charge in [0.1, 0.15) is 18.0 Å². The van der Waals surface area contributed by atoms with Crippen LogP contribution >= 0.6 is 0 Å². The standard InChI is InChI=1S/C24H27N5O/c1-18-8-9-21(19(2)14-18)24(30)27-22-15-23(26-17-25-22)29-12-10-28(11-13-29)16-20-6-4-3-5-7-20/h3-9,14-15,17H,10-13,16H2,1-2H3,(H,25,26,27,30). The Morgan fingerprint density at radius 3 is 2.47 bits per heavy atom. The first-order valence-electron chi connectivity index (χ1n) is 10.3. The molecule has 0 radical (unpaired) electrons. The molecular weight excluding hydrogens is 374 g/mol. The van der Waals surface area contributed by atoms with Crippen LogP contribution in [0.5, 0.6) is 0 Å². The summed E-state index contributed by atoms with van der Waals surface area (Å²) < 4.78 is 0. The van der Waals surface area contributed by atoms with Crippen LogP contribution in [-0.4, -0.2) is 47.0 Å². The second-order valence-corrected chi connectivity index (χ2v) is 7.78. The first-order valence-corrected chi connectivity index (χ1v) is 10.3. The number of nitrogens with one attached hydrogen (secondary N) is 1. The van der Waals surface area contributed by atoms with Crippen molar-refractivity contribution in [2.24, 2.45) is 0 Å². The summed E-state index contributed by atoms with van der Waals surface area (Å²) in [5.41, 5.74) is 4.09. The molecule has 2 aromatic carbocycles. The van der Waals surface area contributed by atoms with Crippen LogP contribution in [0, 0.1) is 13.8 Å². The van der Waals surface area contributed by atoms with E-state index in [1.165, 1.54) is 11.9 Å². The number of hydrogen-bond acceptors (Lipinski definition) is 5. The summed E-state index contributed by atoms with van der Waals surface area (Å²) in [6, 6.07) is 18.2. The SMILES string of the molecule is Cc1ccc(C(=O)Nc2cc(N3CCN(Cc4ccccc4)CC3)ncn2)c(C)c1. The van der Waals surface area contributed by atoms with Crippen molar-refractivity contribution in [3.05, 3.63) is 83.2 Å². The first-order chi connectivity index (χ1) is 14.6. The van der Waals surface area contributed by atoms with E-state index in [4.69, 9.17) is 0 Å². The third-order valence-corrected chi connectivity index (χ3v) is 5.47. The lowest BCUT2D eigenvalue weighted by atomic mass is 10.1. The third-order valence-electron chi connectivity index (χ3n) is 5.47. The van der Waals surface area contributed by atoms with Crippen LogP contribution in [0.15, 0.2) is 60.9 Å². The predicted octanol–water partition coefficient (Wildman–Crippen LogP) is 3.67. The van der Waals surface area contributed by atoms with Crippen molar-refractivity contribution in [3.8, 4) is 0 Å². The number of carbonyl (C=O) groups is 1. The van der Waals surface area contributed by atoms with Gasteiger partial charge in [0.2, 0.25) is 0 Å². The maximum atomic E-state index is 12.7. The summed E-state index contributed by atoms with van der Waals surface area (Å²) in [6.07, 6.45) is 1.52. The van der Waals surface area contributed by atoms with Crippen LogP contribution in [0.4, 0.5) is 11.6 Å². The molecule has 1 amide bonds. The van der Waals surface area contributed by atoms with Gasteiger partial charge in [-0.1, -0.05) is 48.0 Å². The molecule has 1 fully saturated rings. The van der Waals surface area contributed by atoms with Crippen molar-refractivity contribution < 1.29 is 4.79 Å². The highest BCUT2D eigenvalue weighted by Gasteiger charge is 2.19. The highest BCUT2D eigenvalue weighted by molar-refractivity contribution is 6.04. The zero-order valence-electron chi connectivity index (χ0n) is 17.5. The predicted molar refractivity (Wildman–Crippen MR) is 120 cm³/mol. The van der Waals surface area contributed by atoms with Crippen LogP contribution in [0.3, 0.4) is 0 Å². The highest BCUT2D eigenvalue weighted by atomic mass is 16.1. The van der Waals surface area contributed by atoms with Gasteiger partial charge in [0.15, 0.2) is 0 Å². The van der Waals surface area contributed by atoms with E-state index in [0.29, 0.717) is 11.4 Å². The summed E-state index contributed by atoms with van der Waals surface area (Å²) in [6.45, 7) is 8.68. The van der Waals surface area contributed by atoms with E-state index in [2.05, 4.69) is 49.4 Å². The fourth-order valence-electron chi connectivity index (χ4n) is 3.82. The molecule has 30 heavy (non-hydrogen) atoms. The molecule has 0 atom stereocenters. The van der Waals surface area contributed by atoms with Gasteiger partial charge in [-0.05, 0) is 31.0 Å². The topological polar surface area (TPSA) is 61.4 Å². The van der Waals surface area contributed by atoms with Gasteiger partial charge in [-0.25, -0.2) is 9.97 Å². The molecule has 4 rings (SSSR count). The highest BCUT2D eigenvalue weighted by Crippen LogP contribution is 2.19. The molecular formula is C24H27N5O. The molecule has 6 nitrogen and oxygen atoms in total. The first kappa shape index (κ1) is 20.0. The Labute approximate surface area is 177 Å². The Balaban J connectivity index is 1.37. The lowest BCUT2D eigenvalue weighted by Gasteiger charge is -2.35. The molecule has 1 aliphatic heterocycles. The minimum absolute atomic E-state index is 0.148. The molecule has 0 unspecified atom stereocenters. The zero-order valence-corrected chi connectivity index (χ0v) is 17.5. The molecule has 0 saturated carbocycles. The monoisotopic (exact) mass is 401 g/mol. The van der Waals surface area contributed by atoms with Gasteiger partial charge >= 0.3 is 0 Å². The fraction of sp³-hybridized carbons (Fsp3) is 0.292. The number of carbonyl (C=O) groups excluding carboxylic acids is 1. The average Bonchev–Trinajstić information content (AvgIpc) is 2.75. The Bertz CT molecular complexity index is 1010. The molecule has 2 heterocycles. The number of anilines is 2. The van der Waals surface area contributed by atoms with Crippen molar-refractivity contribution in [2.75, 3.05) is 36.4 Å². The average molecular weight is 402 g/mol. The molecule has 0 bridgehead atoms. The molecule has 1 aromatic heterocycles. The molecule has 6 heteroatoms. The quantitative estimate of drug-likeness (QED) is 0.707. The van der Waals surface area contributed by atoms with Gasteiger partial charge < -0.3 is 10.2 Å². The molecule has 0 spiro atoms. The van der Waals surface area contributed by atoms with Crippen LogP contribution in [0.1, 0.15) is 27.0 Å². The van der Waals surface area contributed by atoms with E-state index < -0.39 is 0 Å². The van der Waals surface area contributed by atoms with Crippen LogP contribution in [-0.2, 0) is 6.54 Å². The molecule has 1 N–H and O–H groups in total. The zero-order chi connectivity index (χ0) is 20.9. The van der Waals surface area contributed by atoms with Gasteiger partial charge in [0.25, 0.3) is 5.91 Å². The minimum Gasteiger partial charge on any atom is -0.354 e. The summed E-state index contributed by atoms with van der Waals surface area (Å²) >= 11 is 0. The Kier molecular flexibility index (Phi) is 6.05. The van der Waals surface area contributed by atoms with Crippen LogP contribution < -0.4 is 10.2 Å². The summed E-state index contributed by atoms with van der Waals surface area (Å²) in [5.74, 6) is 1.22. The van der Waals surface area contributed by atoms with E-state index >= 15 is 0 Å². The van der Waals surface area contributed by atoms with Crippen molar-refractivity contribution in [2.45, 2.75) is 20.4 Å². The number of aromatic nitrogens is 2.